The first kappa shape index (κ1) is 12.7. The molecule has 0 rings (SSSR count). The first-order valence-electron chi connectivity index (χ1n) is 5.02. The van der Waals surface area contributed by atoms with Gasteiger partial charge < -0.3 is 5.11 Å². The zero-order chi connectivity index (χ0) is 10.5. The van der Waals surface area contributed by atoms with Crippen molar-refractivity contribution in [1.29, 1.82) is 0 Å². The fraction of sp³-hybridized carbons (Fsp3) is 0.818. The van der Waals surface area contributed by atoms with Crippen LogP contribution in [0, 0.1) is 0 Å². The summed E-state index contributed by atoms with van der Waals surface area (Å²) in [6.45, 7) is 13.1. The fourth-order valence-corrected chi connectivity index (χ4v) is 1.45. The maximum absolute atomic E-state index is 9.55. The summed E-state index contributed by atoms with van der Waals surface area (Å²) < 4.78 is 0. The smallest absolute Gasteiger partial charge is 0.0774 e. The van der Waals surface area contributed by atoms with Crippen LogP contribution in [0.2, 0.25) is 0 Å². The van der Waals surface area contributed by atoms with Crippen LogP contribution < -0.4 is 0 Å². The van der Waals surface area contributed by atoms with Gasteiger partial charge in [0, 0.05) is 6.54 Å². The minimum atomic E-state index is -0.683. The lowest BCUT2D eigenvalue weighted by Crippen LogP contribution is -2.26. The second kappa shape index (κ2) is 5.40. The van der Waals surface area contributed by atoms with Gasteiger partial charge in [-0.1, -0.05) is 25.5 Å². The second-order valence-corrected chi connectivity index (χ2v) is 4.11. The summed E-state index contributed by atoms with van der Waals surface area (Å²) in [6, 6.07) is 0. The van der Waals surface area contributed by atoms with E-state index in [-0.39, 0.29) is 0 Å². The van der Waals surface area contributed by atoms with Crippen molar-refractivity contribution in [3.63, 3.8) is 0 Å². The molecule has 2 nitrogen and oxygen atoms in total. The van der Waals surface area contributed by atoms with E-state index >= 15 is 0 Å². The Morgan fingerprint density at radius 1 is 1.31 bits per heavy atom. The molecule has 0 aromatic rings. The predicted octanol–water partition coefficient (Wildman–Crippen LogP) is 2.05. The van der Waals surface area contributed by atoms with Crippen LogP contribution in [0.3, 0.4) is 0 Å². The molecular weight excluding hydrogens is 162 g/mol. The zero-order valence-electron chi connectivity index (χ0n) is 9.59. The van der Waals surface area contributed by atoms with E-state index in [1.54, 1.807) is 13.8 Å². The van der Waals surface area contributed by atoms with Crippen molar-refractivity contribution >= 4 is 0 Å². The maximum atomic E-state index is 9.55. The lowest BCUT2D eigenvalue weighted by Gasteiger charge is -2.20. The Kier molecular flexibility index (Phi) is 5.26. The Morgan fingerprint density at radius 3 is 2.08 bits per heavy atom. The SMILES string of the molecule is CCN(CC)C/C(C)=C/C(C)(C)O. The standard InChI is InChI=1S/C11H23NO/c1-6-12(7-2)9-10(3)8-11(4,5)13/h8,13H,6-7,9H2,1-5H3/b10-8+. The van der Waals surface area contributed by atoms with Gasteiger partial charge in [0.05, 0.1) is 5.60 Å². The summed E-state index contributed by atoms with van der Waals surface area (Å²) in [5, 5.41) is 9.55. The van der Waals surface area contributed by atoms with Gasteiger partial charge in [0.25, 0.3) is 0 Å². The molecule has 0 atom stereocenters. The predicted molar refractivity (Wildman–Crippen MR) is 57.8 cm³/mol. The van der Waals surface area contributed by atoms with Crippen LogP contribution in [0.1, 0.15) is 34.6 Å². The molecule has 0 spiro atoms. The van der Waals surface area contributed by atoms with E-state index in [2.05, 4.69) is 25.7 Å². The average molecular weight is 185 g/mol. The van der Waals surface area contributed by atoms with Gasteiger partial charge in [-0.05, 0) is 33.9 Å². The molecule has 0 fully saturated rings. The Balaban J connectivity index is 4.12. The number of rotatable bonds is 5. The van der Waals surface area contributed by atoms with E-state index < -0.39 is 5.60 Å². The van der Waals surface area contributed by atoms with E-state index in [9.17, 15) is 5.11 Å². The van der Waals surface area contributed by atoms with E-state index in [1.165, 1.54) is 5.57 Å². The molecular formula is C11H23NO. The zero-order valence-corrected chi connectivity index (χ0v) is 9.59. The number of likely N-dealkylation sites (N-methyl/N-ethyl adjacent to an activating group) is 1. The van der Waals surface area contributed by atoms with E-state index in [0.717, 1.165) is 19.6 Å². The molecule has 0 aromatic carbocycles. The van der Waals surface area contributed by atoms with Crippen molar-refractivity contribution in [1.82, 2.24) is 4.90 Å². The molecule has 78 valence electrons. The minimum Gasteiger partial charge on any atom is -0.386 e. The highest BCUT2D eigenvalue weighted by Gasteiger charge is 2.09. The third kappa shape index (κ3) is 6.79. The normalized spacial score (nSPS) is 13.9. The quantitative estimate of drug-likeness (QED) is 0.663. The van der Waals surface area contributed by atoms with E-state index in [4.69, 9.17) is 0 Å². The van der Waals surface area contributed by atoms with Crippen LogP contribution in [0.25, 0.3) is 0 Å². The minimum absolute atomic E-state index is 0.683. The summed E-state index contributed by atoms with van der Waals surface area (Å²) in [7, 11) is 0. The van der Waals surface area contributed by atoms with Crippen LogP contribution in [-0.2, 0) is 0 Å². The fourth-order valence-electron chi connectivity index (χ4n) is 1.45. The van der Waals surface area contributed by atoms with Crippen LogP contribution in [0.15, 0.2) is 11.6 Å². The summed E-state index contributed by atoms with van der Waals surface area (Å²) >= 11 is 0. The third-order valence-corrected chi connectivity index (χ3v) is 1.97. The van der Waals surface area contributed by atoms with Gasteiger partial charge in [-0.3, -0.25) is 4.90 Å². The highest BCUT2D eigenvalue weighted by atomic mass is 16.3. The summed E-state index contributed by atoms with van der Waals surface area (Å²) in [4.78, 5) is 2.33. The molecule has 0 saturated carbocycles. The van der Waals surface area contributed by atoms with Crippen molar-refractivity contribution < 1.29 is 5.11 Å². The largest absolute Gasteiger partial charge is 0.386 e. The van der Waals surface area contributed by atoms with Crippen molar-refractivity contribution in [3.05, 3.63) is 11.6 Å². The topological polar surface area (TPSA) is 23.5 Å². The van der Waals surface area contributed by atoms with Gasteiger partial charge in [0.2, 0.25) is 0 Å². The lowest BCUT2D eigenvalue weighted by molar-refractivity contribution is 0.131. The van der Waals surface area contributed by atoms with Crippen LogP contribution in [-0.4, -0.2) is 35.2 Å². The molecule has 0 aliphatic heterocycles. The molecule has 0 aromatic heterocycles. The lowest BCUT2D eigenvalue weighted by atomic mass is 10.1. The van der Waals surface area contributed by atoms with Gasteiger partial charge in [-0.15, -0.1) is 0 Å². The summed E-state index contributed by atoms with van der Waals surface area (Å²) in [5.74, 6) is 0. The first-order chi connectivity index (χ1) is 5.89. The molecule has 0 bridgehead atoms. The molecule has 2 heteroatoms. The second-order valence-electron chi connectivity index (χ2n) is 4.11. The van der Waals surface area contributed by atoms with E-state index in [0.29, 0.717) is 0 Å². The highest BCUT2D eigenvalue weighted by molar-refractivity contribution is 5.07. The van der Waals surface area contributed by atoms with Gasteiger partial charge in [-0.25, -0.2) is 0 Å². The van der Waals surface area contributed by atoms with Crippen LogP contribution >= 0.6 is 0 Å². The molecule has 0 unspecified atom stereocenters. The molecule has 0 amide bonds. The third-order valence-electron chi connectivity index (χ3n) is 1.97. The van der Waals surface area contributed by atoms with Gasteiger partial charge in [-0.2, -0.15) is 0 Å². The van der Waals surface area contributed by atoms with Crippen LogP contribution in [0.5, 0.6) is 0 Å². The van der Waals surface area contributed by atoms with Crippen molar-refractivity contribution in [2.75, 3.05) is 19.6 Å². The first-order valence-corrected chi connectivity index (χ1v) is 5.02. The number of hydrogen-bond donors (Lipinski definition) is 1. The Labute approximate surface area is 82.3 Å². The van der Waals surface area contributed by atoms with Crippen LogP contribution in [0.4, 0.5) is 0 Å². The highest BCUT2D eigenvalue weighted by Crippen LogP contribution is 2.08. The maximum Gasteiger partial charge on any atom is 0.0774 e. The molecule has 0 heterocycles. The molecule has 0 radical (unpaired) electrons. The molecule has 1 N–H and O–H groups in total. The molecule has 0 aliphatic carbocycles. The number of aliphatic hydroxyl groups is 1. The van der Waals surface area contributed by atoms with E-state index in [1.807, 2.05) is 6.08 Å². The Hall–Kier alpha value is -0.340. The number of nitrogens with zero attached hydrogens (tertiary/aromatic N) is 1. The molecule has 0 saturated heterocycles. The Bertz CT molecular complexity index is 163. The van der Waals surface area contributed by atoms with Gasteiger partial charge >= 0.3 is 0 Å². The number of hydrogen-bond acceptors (Lipinski definition) is 2. The monoisotopic (exact) mass is 185 g/mol. The van der Waals surface area contributed by atoms with Gasteiger partial charge in [0.15, 0.2) is 0 Å². The molecule has 13 heavy (non-hydrogen) atoms. The molecule has 0 aliphatic rings. The summed E-state index contributed by atoms with van der Waals surface area (Å²) in [5.41, 5.74) is 0.549. The van der Waals surface area contributed by atoms with Crippen molar-refractivity contribution in [2.45, 2.75) is 40.2 Å². The van der Waals surface area contributed by atoms with Gasteiger partial charge in [0.1, 0.15) is 0 Å². The summed E-state index contributed by atoms with van der Waals surface area (Å²) in [6.07, 6.45) is 1.92. The van der Waals surface area contributed by atoms with Crippen molar-refractivity contribution in [3.8, 4) is 0 Å². The Morgan fingerprint density at radius 2 is 1.77 bits per heavy atom. The van der Waals surface area contributed by atoms with Crippen molar-refractivity contribution in [2.24, 2.45) is 0 Å². The average Bonchev–Trinajstić information content (AvgIpc) is 1.96.